The van der Waals surface area contributed by atoms with Crippen molar-refractivity contribution in [2.45, 2.75) is 78.7 Å². The number of hydrogen-bond donors (Lipinski definition) is 3. The number of rotatable bonds is 12. The van der Waals surface area contributed by atoms with Crippen LogP contribution in [0.15, 0.2) is 0 Å². The van der Waals surface area contributed by atoms with Crippen LogP contribution in [0, 0.1) is 11.3 Å². The fourth-order valence-electron chi connectivity index (χ4n) is 2.74. The molecule has 0 heterocycles. The Morgan fingerprint density at radius 1 is 1.00 bits per heavy atom. The number of hydrogen-bond acceptors (Lipinski definition) is 4. The van der Waals surface area contributed by atoms with Gasteiger partial charge in [-0.3, -0.25) is 14.4 Å². The number of nitrogens with one attached hydrogen (secondary N) is 2. The molecule has 0 rings (SSSR count). The Kier molecular flexibility index (Phi) is 11.8. The van der Waals surface area contributed by atoms with E-state index in [1.54, 1.807) is 7.05 Å². The zero-order chi connectivity index (χ0) is 19.5. The third-order valence-corrected chi connectivity index (χ3v) is 4.69. The van der Waals surface area contributed by atoms with E-state index in [9.17, 15) is 14.4 Å². The molecule has 0 fully saturated rings. The van der Waals surface area contributed by atoms with E-state index in [0.717, 1.165) is 19.3 Å². The third-order valence-electron chi connectivity index (χ3n) is 4.34. The van der Waals surface area contributed by atoms with Crippen molar-refractivity contribution >= 4 is 30.2 Å². The minimum absolute atomic E-state index is 0.0377. The van der Waals surface area contributed by atoms with Gasteiger partial charge in [0.05, 0.1) is 0 Å². The van der Waals surface area contributed by atoms with Crippen LogP contribution in [0.3, 0.4) is 0 Å². The highest BCUT2D eigenvalue weighted by Gasteiger charge is 2.34. The fraction of sp³-hybridized carbons (Fsp3) is 0.842. The second-order valence-electron chi connectivity index (χ2n) is 7.72. The summed E-state index contributed by atoms with van der Waals surface area (Å²) in [5, 5.41) is 5.46. The van der Waals surface area contributed by atoms with Gasteiger partial charge in [-0.25, -0.2) is 0 Å². The maximum atomic E-state index is 12.7. The molecule has 0 aromatic carbocycles. The van der Waals surface area contributed by atoms with Gasteiger partial charge in [-0.2, -0.15) is 12.6 Å². The van der Waals surface area contributed by atoms with Gasteiger partial charge in [-0.15, -0.1) is 0 Å². The molecule has 0 aliphatic carbocycles. The Morgan fingerprint density at radius 2 is 1.60 bits per heavy atom. The molecule has 25 heavy (non-hydrogen) atoms. The van der Waals surface area contributed by atoms with Crippen LogP contribution in [-0.2, 0) is 14.4 Å². The molecule has 0 aliphatic heterocycles. The Bertz CT molecular complexity index is 433. The smallest absolute Gasteiger partial charge is 0.242 e. The van der Waals surface area contributed by atoms with Gasteiger partial charge in [-0.05, 0) is 11.8 Å². The number of carbonyl (C=O) groups is 3. The van der Waals surface area contributed by atoms with Crippen LogP contribution in [0.4, 0.5) is 0 Å². The molecule has 0 saturated carbocycles. The van der Waals surface area contributed by atoms with E-state index in [1.165, 1.54) is 12.8 Å². The number of thiol groups is 1. The van der Waals surface area contributed by atoms with Crippen LogP contribution in [0.1, 0.15) is 72.6 Å². The Balaban J connectivity index is 4.92. The maximum Gasteiger partial charge on any atom is 0.242 e. The minimum atomic E-state index is -0.626. The summed E-state index contributed by atoms with van der Waals surface area (Å²) < 4.78 is 0. The number of Topliss-reactive ketones (excluding diaryl/α,β-unsaturated/α-hetero) is 1. The molecule has 0 aromatic rings. The quantitative estimate of drug-likeness (QED) is 0.364. The molecule has 0 saturated heterocycles. The van der Waals surface area contributed by atoms with E-state index in [2.05, 4.69) is 30.2 Å². The molecule has 0 aromatic heterocycles. The first kappa shape index (κ1) is 24.0. The lowest BCUT2D eigenvalue weighted by Gasteiger charge is -2.31. The molecule has 0 spiro atoms. The van der Waals surface area contributed by atoms with E-state index in [0.29, 0.717) is 6.42 Å². The normalized spacial score (nSPS) is 13.8. The molecule has 2 N–H and O–H groups in total. The maximum absolute atomic E-state index is 12.7. The van der Waals surface area contributed by atoms with Crippen LogP contribution >= 0.6 is 12.6 Å². The van der Waals surface area contributed by atoms with Crippen LogP contribution in [-0.4, -0.2) is 36.4 Å². The van der Waals surface area contributed by atoms with E-state index in [1.807, 2.05) is 20.8 Å². The summed E-state index contributed by atoms with van der Waals surface area (Å²) in [6.45, 7) is 7.89. The van der Waals surface area contributed by atoms with Crippen LogP contribution in [0.25, 0.3) is 0 Å². The number of ketones is 1. The Morgan fingerprint density at radius 3 is 2.08 bits per heavy atom. The second-order valence-corrected chi connectivity index (χ2v) is 8.04. The summed E-state index contributed by atoms with van der Waals surface area (Å²) in [4.78, 5) is 36.6. The van der Waals surface area contributed by atoms with Gasteiger partial charge in [0.1, 0.15) is 11.8 Å². The van der Waals surface area contributed by atoms with E-state index in [4.69, 9.17) is 0 Å². The summed E-state index contributed by atoms with van der Waals surface area (Å²) in [5.74, 6) is -0.727. The van der Waals surface area contributed by atoms with Gasteiger partial charge in [0.15, 0.2) is 0 Å². The molecule has 6 heteroatoms. The van der Waals surface area contributed by atoms with Crippen molar-refractivity contribution in [2.75, 3.05) is 12.8 Å². The van der Waals surface area contributed by atoms with Crippen molar-refractivity contribution in [3.8, 4) is 0 Å². The Hall–Kier alpha value is -1.04. The molecule has 1 unspecified atom stereocenters. The molecular formula is C19H36N2O3S. The van der Waals surface area contributed by atoms with E-state index < -0.39 is 17.4 Å². The molecular weight excluding hydrogens is 336 g/mol. The van der Waals surface area contributed by atoms with Crippen LogP contribution < -0.4 is 10.6 Å². The summed E-state index contributed by atoms with van der Waals surface area (Å²) in [5.41, 5.74) is -0.408. The van der Waals surface area contributed by atoms with E-state index in [-0.39, 0.29) is 29.8 Å². The van der Waals surface area contributed by atoms with Gasteiger partial charge < -0.3 is 10.6 Å². The van der Waals surface area contributed by atoms with Crippen molar-refractivity contribution in [1.82, 2.24) is 10.6 Å². The lowest BCUT2D eigenvalue weighted by molar-refractivity contribution is -0.134. The topological polar surface area (TPSA) is 75.3 Å². The summed E-state index contributed by atoms with van der Waals surface area (Å²) in [6, 6.07) is -0.626. The van der Waals surface area contributed by atoms with Gasteiger partial charge in [0.2, 0.25) is 11.8 Å². The van der Waals surface area contributed by atoms with Gasteiger partial charge >= 0.3 is 0 Å². The molecule has 0 bridgehead atoms. The predicted octanol–water partition coefficient (Wildman–Crippen LogP) is 3.13. The predicted molar refractivity (Wildman–Crippen MR) is 106 cm³/mol. The summed E-state index contributed by atoms with van der Waals surface area (Å²) in [7, 11) is 1.56. The largest absolute Gasteiger partial charge is 0.357 e. The monoisotopic (exact) mass is 372 g/mol. The first-order valence-electron chi connectivity index (χ1n) is 9.31. The van der Waals surface area contributed by atoms with Crippen LogP contribution in [0.2, 0.25) is 0 Å². The lowest BCUT2D eigenvalue weighted by Crippen LogP contribution is -2.54. The first-order chi connectivity index (χ1) is 11.7. The zero-order valence-corrected chi connectivity index (χ0v) is 17.4. The number of unbranched alkanes of at least 4 members (excludes halogenated alkanes) is 4. The fourth-order valence-corrected chi connectivity index (χ4v) is 2.87. The molecule has 146 valence electrons. The van der Waals surface area contributed by atoms with Gasteiger partial charge in [0, 0.05) is 25.1 Å². The molecule has 0 radical (unpaired) electrons. The molecule has 2 amide bonds. The number of amides is 2. The van der Waals surface area contributed by atoms with Gasteiger partial charge in [-0.1, -0.05) is 59.8 Å². The molecule has 0 aliphatic rings. The Labute approximate surface area is 158 Å². The average Bonchev–Trinajstić information content (AvgIpc) is 2.56. The van der Waals surface area contributed by atoms with Gasteiger partial charge in [0.25, 0.3) is 0 Å². The SMILES string of the molecule is CCCCCCCC(CC(=O)CS)C(=O)N[C@H](C(=O)NC)C(C)(C)C. The lowest BCUT2D eigenvalue weighted by atomic mass is 9.85. The molecule has 2 atom stereocenters. The summed E-state index contributed by atoms with van der Waals surface area (Å²) in [6.07, 6.45) is 6.33. The van der Waals surface area contributed by atoms with Crippen molar-refractivity contribution in [3.63, 3.8) is 0 Å². The standard InChI is InChI=1S/C19H36N2O3S/c1-6-7-8-9-10-11-14(12-15(22)13-25)17(23)21-16(18(24)20-5)19(2,3)4/h14,16,25H,6-13H2,1-5H3,(H,20,24)(H,21,23)/t14?,16-/m1/s1. The van der Waals surface area contributed by atoms with Crippen LogP contribution in [0.5, 0.6) is 0 Å². The van der Waals surface area contributed by atoms with Crippen molar-refractivity contribution in [1.29, 1.82) is 0 Å². The average molecular weight is 373 g/mol. The van der Waals surface area contributed by atoms with Crippen molar-refractivity contribution in [3.05, 3.63) is 0 Å². The summed E-state index contributed by atoms with van der Waals surface area (Å²) >= 11 is 4.01. The number of likely N-dealkylation sites (N-methyl/N-ethyl adjacent to an activating group) is 1. The molecule has 5 nitrogen and oxygen atoms in total. The zero-order valence-electron chi connectivity index (χ0n) is 16.5. The highest BCUT2D eigenvalue weighted by molar-refractivity contribution is 7.81. The van der Waals surface area contributed by atoms with E-state index >= 15 is 0 Å². The second kappa shape index (κ2) is 12.3. The van der Waals surface area contributed by atoms with Crippen molar-refractivity contribution in [2.24, 2.45) is 11.3 Å². The highest BCUT2D eigenvalue weighted by atomic mass is 32.1. The minimum Gasteiger partial charge on any atom is -0.357 e. The third kappa shape index (κ3) is 9.88. The highest BCUT2D eigenvalue weighted by Crippen LogP contribution is 2.22. The first-order valence-corrected chi connectivity index (χ1v) is 9.95. The number of carbonyl (C=O) groups excluding carboxylic acids is 3. The van der Waals surface area contributed by atoms with Crippen molar-refractivity contribution < 1.29 is 14.4 Å².